The van der Waals surface area contributed by atoms with E-state index < -0.39 is 11.8 Å². The number of primary amides is 1. The molecule has 3 fully saturated rings. The Kier molecular flexibility index (Phi) is 5.80. The fourth-order valence-electron chi connectivity index (χ4n) is 5.11. The lowest BCUT2D eigenvalue weighted by Gasteiger charge is -2.38. The Morgan fingerprint density at radius 2 is 1.53 bits per heavy atom. The standard InChI is InChI=1S/C24H31F3N2O3/c1-22(32,24(25,26)27)17-6-4-16(5-7-17)20(30)29(19-10-11-19)18-8-2-15(3-9-18)14-23(12-13-23)21(28)31/h4-7,15,18-19,32H,2-3,8-14H2,1H3,(H2,28,31)/t15?,18?,22-/m0/s1. The zero-order chi connectivity index (χ0) is 23.3. The molecular formula is C24H31F3N2O3. The van der Waals surface area contributed by atoms with Crippen molar-refractivity contribution < 1.29 is 27.9 Å². The average Bonchev–Trinajstić information content (AvgIpc) is 3.65. The van der Waals surface area contributed by atoms with Crippen LogP contribution in [0, 0.1) is 11.3 Å². The zero-order valence-electron chi connectivity index (χ0n) is 18.3. The van der Waals surface area contributed by atoms with Crippen LogP contribution in [0.25, 0.3) is 0 Å². The molecule has 0 unspecified atom stereocenters. The van der Waals surface area contributed by atoms with E-state index in [-0.39, 0.29) is 34.9 Å². The molecule has 0 radical (unpaired) electrons. The minimum Gasteiger partial charge on any atom is -0.376 e. The molecule has 3 N–H and O–H groups in total. The summed E-state index contributed by atoms with van der Waals surface area (Å²) in [5, 5.41) is 9.86. The number of amides is 2. The normalized spacial score (nSPS) is 26.8. The maximum absolute atomic E-state index is 13.3. The van der Waals surface area contributed by atoms with Gasteiger partial charge in [0.2, 0.25) is 5.91 Å². The Morgan fingerprint density at radius 1 is 1.03 bits per heavy atom. The number of nitrogens with two attached hydrogens (primary N) is 1. The third kappa shape index (κ3) is 4.38. The van der Waals surface area contributed by atoms with E-state index >= 15 is 0 Å². The number of hydrogen-bond donors (Lipinski definition) is 2. The Bertz CT molecular complexity index is 865. The van der Waals surface area contributed by atoms with Gasteiger partial charge in [0.1, 0.15) is 0 Å². The third-order valence-corrected chi connectivity index (χ3v) is 7.69. The molecule has 3 aliphatic rings. The van der Waals surface area contributed by atoms with E-state index in [4.69, 9.17) is 5.73 Å². The van der Waals surface area contributed by atoms with Crippen molar-refractivity contribution >= 4 is 11.8 Å². The fraction of sp³-hybridized carbons (Fsp3) is 0.667. The maximum Gasteiger partial charge on any atom is 0.421 e. The van der Waals surface area contributed by atoms with Crippen LogP contribution in [-0.2, 0) is 10.4 Å². The Labute approximate surface area is 186 Å². The quantitative estimate of drug-likeness (QED) is 0.648. The maximum atomic E-state index is 13.3. The van der Waals surface area contributed by atoms with Crippen molar-refractivity contribution in [2.24, 2.45) is 17.1 Å². The molecule has 3 saturated carbocycles. The topological polar surface area (TPSA) is 83.6 Å². The van der Waals surface area contributed by atoms with Crippen LogP contribution in [0.2, 0.25) is 0 Å². The first-order valence-electron chi connectivity index (χ1n) is 11.5. The predicted molar refractivity (Wildman–Crippen MR) is 112 cm³/mol. The number of carbonyl (C=O) groups excluding carboxylic acids is 2. The van der Waals surface area contributed by atoms with Gasteiger partial charge in [0.15, 0.2) is 5.60 Å². The van der Waals surface area contributed by atoms with Crippen LogP contribution in [0.3, 0.4) is 0 Å². The SMILES string of the molecule is C[C@](O)(c1ccc(C(=O)N(C2CCC(CC3(C(N)=O)CC3)CC2)C2CC2)cc1)C(F)(F)F. The molecule has 0 heterocycles. The number of benzene rings is 1. The highest BCUT2D eigenvalue weighted by atomic mass is 19.4. The summed E-state index contributed by atoms with van der Waals surface area (Å²) in [7, 11) is 0. The van der Waals surface area contributed by atoms with Crippen LogP contribution in [0.4, 0.5) is 13.2 Å². The van der Waals surface area contributed by atoms with E-state index in [2.05, 4.69) is 0 Å². The molecule has 5 nitrogen and oxygen atoms in total. The minimum atomic E-state index is -4.80. The van der Waals surface area contributed by atoms with Crippen LogP contribution in [0.15, 0.2) is 24.3 Å². The first-order valence-corrected chi connectivity index (χ1v) is 11.5. The lowest BCUT2D eigenvalue weighted by Crippen LogP contribution is -2.44. The van der Waals surface area contributed by atoms with Gasteiger partial charge in [-0.2, -0.15) is 13.2 Å². The van der Waals surface area contributed by atoms with Crippen LogP contribution < -0.4 is 5.73 Å². The van der Waals surface area contributed by atoms with Gasteiger partial charge in [-0.05, 0) is 88.3 Å². The molecule has 176 valence electrons. The second-order valence-electron chi connectivity index (χ2n) is 10.1. The number of rotatable bonds is 7. The molecule has 1 atom stereocenters. The molecule has 32 heavy (non-hydrogen) atoms. The highest BCUT2D eigenvalue weighted by molar-refractivity contribution is 5.95. The third-order valence-electron chi connectivity index (χ3n) is 7.69. The molecule has 2 amide bonds. The van der Waals surface area contributed by atoms with Crippen LogP contribution >= 0.6 is 0 Å². The minimum absolute atomic E-state index is 0.105. The van der Waals surface area contributed by atoms with Gasteiger partial charge in [0.05, 0.1) is 0 Å². The van der Waals surface area contributed by atoms with E-state index in [0.29, 0.717) is 18.4 Å². The fourth-order valence-corrected chi connectivity index (χ4v) is 5.11. The summed E-state index contributed by atoms with van der Waals surface area (Å²) in [5.74, 6) is 0.0913. The molecule has 0 bridgehead atoms. The van der Waals surface area contributed by atoms with Crippen molar-refractivity contribution in [1.29, 1.82) is 0 Å². The highest BCUT2D eigenvalue weighted by Crippen LogP contribution is 2.52. The van der Waals surface area contributed by atoms with E-state index in [1.54, 1.807) is 0 Å². The summed E-state index contributed by atoms with van der Waals surface area (Å²) < 4.78 is 39.3. The molecule has 0 saturated heterocycles. The summed E-state index contributed by atoms with van der Waals surface area (Å²) in [6.07, 6.45) is 3.31. The van der Waals surface area contributed by atoms with Crippen molar-refractivity contribution in [3.8, 4) is 0 Å². The number of aliphatic hydroxyl groups is 1. The molecule has 8 heteroatoms. The summed E-state index contributed by atoms with van der Waals surface area (Å²) in [6, 6.07) is 5.41. The molecule has 1 aromatic carbocycles. The summed E-state index contributed by atoms with van der Waals surface area (Å²) in [6.45, 7) is 0.711. The van der Waals surface area contributed by atoms with E-state index in [1.165, 1.54) is 24.3 Å². The monoisotopic (exact) mass is 452 g/mol. The van der Waals surface area contributed by atoms with E-state index in [0.717, 1.165) is 57.8 Å². The number of alkyl halides is 3. The Balaban J connectivity index is 1.41. The Morgan fingerprint density at radius 3 is 1.94 bits per heavy atom. The number of halogens is 3. The number of hydrogen-bond acceptors (Lipinski definition) is 3. The van der Waals surface area contributed by atoms with Crippen molar-refractivity contribution in [3.63, 3.8) is 0 Å². The van der Waals surface area contributed by atoms with Crippen molar-refractivity contribution in [2.75, 3.05) is 0 Å². The Hall–Kier alpha value is -2.09. The van der Waals surface area contributed by atoms with Gasteiger partial charge in [-0.15, -0.1) is 0 Å². The number of nitrogens with zero attached hydrogens (tertiary/aromatic N) is 1. The van der Waals surface area contributed by atoms with Gasteiger partial charge in [-0.3, -0.25) is 9.59 Å². The lowest BCUT2D eigenvalue weighted by molar-refractivity contribution is -0.258. The summed E-state index contributed by atoms with van der Waals surface area (Å²) in [5.41, 5.74) is 2.35. The molecular weight excluding hydrogens is 421 g/mol. The molecule has 4 rings (SSSR count). The lowest BCUT2D eigenvalue weighted by atomic mass is 9.79. The van der Waals surface area contributed by atoms with Gasteiger partial charge in [-0.25, -0.2) is 0 Å². The smallest absolute Gasteiger partial charge is 0.376 e. The summed E-state index contributed by atoms with van der Waals surface area (Å²) in [4.78, 5) is 26.9. The molecule has 0 spiro atoms. The van der Waals surface area contributed by atoms with Crippen molar-refractivity contribution in [1.82, 2.24) is 4.90 Å². The second-order valence-corrected chi connectivity index (χ2v) is 10.1. The highest BCUT2D eigenvalue weighted by Gasteiger charge is 2.51. The van der Waals surface area contributed by atoms with Gasteiger partial charge >= 0.3 is 6.18 Å². The number of carbonyl (C=O) groups is 2. The van der Waals surface area contributed by atoms with Crippen LogP contribution in [0.1, 0.15) is 80.6 Å². The van der Waals surface area contributed by atoms with E-state index in [9.17, 15) is 27.9 Å². The zero-order valence-corrected chi connectivity index (χ0v) is 18.3. The van der Waals surface area contributed by atoms with Crippen LogP contribution in [0.5, 0.6) is 0 Å². The van der Waals surface area contributed by atoms with Gasteiger partial charge < -0.3 is 15.7 Å². The molecule has 0 aliphatic heterocycles. The predicted octanol–water partition coefficient (Wildman–Crippen LogP) is 4.28. The first-order chi connectivity index (χ1) is 14.9. The molecule has 1 aromatic rings. The summed E-state index contributed by atoms with van der Waals surface area (Å²) >= 11 is 0. The molecule has 3 aliphatic carbocycles. The van der Waals surface area contributed by atoms with Gasteiger partial charge in [0.25, 0.3) is 5.91 Å². The van der Waals surface area contributed by atoms with Crippen LogP contribution in [-0.4, -0.2) is 40.1 Å². The second kappa shape index (κ2) is 8.04. The molecule has 0 aromatic heterocycles. The van der Waals surface area contributed by atoms with Crippen molar-refractivity contribution in [3.05, 3.63) is 35.4 Å². The first kappa shape index (κ1) is 23.1. The van der Waals surface area contributed by atoms with Gasteiger partial charge in [-0.1, -0.05) is 12.1 Å². The largest absolute Gasteiger partial charge is 0.421 e. The average molecular weight is 453 g/mol. The van der Waals surface area contributed by atoms with E-state index in [1.807, 2.05) is 4.90 Å². The van der Waals surface area contributed by atoms with Gasteiger partial charge in [0, 0.05) is 23.1 Å². The van der Waals surface area contributed by atoms with Crippen molar-refractivity contribution in [2.45, 2.75) is 88.6 Å².